The van der Waals surface area contributed by atoms with Crippen LogP contribution in [0.4, 0.5) is 13.2 Å². The van der Waals surface area contributed by atoms with Gasteiger partial charge in [0.1, 0.15) is 5.75 Å². The Morgan fingerprint density at radius 2 is 1.58 bits per heavy atom. The van der Waals surface area contributed by atoms with Crippen molar-refractivity contribution < 1.29 is 37.4 Å². The summed E-state index contributed by atoms with van der Waals surface area (Å²) in [4.78, 5) is 37.7. The molecule has 2 aromatic rings. The minimum Gasteiger partial charge on any atom is -0.478 e. The standard InChI is InChI=1S/C24H22F3NO5/c1-13-9-15(10-14(2)20(13)33-23(3,4)22(31)32)12-28-19(29)11-18(21(28)30)16-5-7-17(8-6-16)24(25,26)27/h5-11H,12H2,1-4H3,(H,31,32). The number of aliphatic carboxylic acids is 1. The zero-order valence-electron chi connectivity index (χ0n) is 18.4. The van der Waals surface area contributed by atoms with Gasteiger partial charge in [0.2, 0.25) is 0 Å². The summed E-state index contributed by atoms with van der Waals surface area (Å²) in [5, 5.41) is 9.29. The number of hydrogen-bond donors (Lipinski definition) is 1. The van der Waals surface area contributed by atoms with Crippen LogP contribution >= 0.6 is 0 Å². The van der Waals surface area contributed by atoms with E-state index in [9.17, 15) is 32.7 Å². The maximum atomic E-state index is 12.8. The highest BCUT2D eigenvalue weighted by Crippen LogP contribution is 2.33. The van der Waals surface area contributed by atoms with E-state index in [-0.39, 0.29) is 17.7 Å². The van der Waals surface area contributed by atoms with Gasteiger partial charge in [-0.1, -0.05) is 24.3 Å². The molecule has 1 heterocycles. The average molecular weight is 461 g/mol. The first kappa shape index (κ1) is 24.0. The first-order valence-corrected chi connectivity index (χ1v) is 9.98. The molecule has 0 atom stereocenters. The molecule has 9 heteroatoms. The molecule has 0 spiro atoms. The molecule has 6 nitrogen and oxygen atoms in total. The Hall–Kier alpha value is -3.62. The number of carbonyl (C=O) groups is 3. The molecule has 0 aliphatic carbocycles. The van der Waals surface area contributed by atoms with Crippen LogP contribution in [0.25, 0.3) is 5.57 Å². The van der Waals surface area contributed by atoms with Gasteiger partial charge < -0.3 is 9.84 Å². The number of alkyl halides is 3. The molecular weight excluding hydrogens is 439 g/mol. The number of halogens is 3. The van der Waals surface area contributed by atoms with Crippen LogP contribution in [0, 0.1) is 13.8 Å². The number of benzene rings is 2. The van der Waals surface area contributed by atoms with Crippen LogP contribution in [0.15, 0.2) is 42.5 Å². The van der Waals surface area contributed by atoms with Gasteiger partial charge in [-0.15, -0.1) is 0 Å². The Morgan fingerprint density at radius 1 is 1.03 bits per heavy atom. The fraction of sp³-hybridized carbons (Fsp3) is 0.292. The van der Waals surface area contributed by atoms with E-state index < -0.39 is 35.1 Å². The van der Waals surface area contributed by atoms with Crippen molar-refractivity contribution in [1.82, 2.24) is 4.90 Å². The zero-order valence-corrected chi connectivity index (χ0v) is 18.4. The lowest BCUT2D eigenvalue weighted by Gasteiger charge is -2.25. The Bertz CT molecular complexity index is 1140. The van der Waals surface area contributed by atoms with Crippen molar-refractivity contribution in [3.8, 4) is 5.75 Å². The number of nitrogens with zero attached hydrogens (tertiary/aromatic N) is 1. The van der Waals surface area contributed by atoms with E-state index in [2.05, 4.69) is 0 Å². The second-order valence-corrected chi connectivity index (χ2v) is 8.34. The molecule has 0 saturated heterocycles. The molecule has 0 bridgehead atoms. The molecule has 2 aromatic carbocycles. The van der Waals surface area contributed by atoms with E-state index in [4.69, 9.17) is 4.74 Å². The minimum atomic E-state index is -4.50. The maximum Gasteiger partial charge on any atom is 0.416 e. The summed E-state index contributed by atoms with van der Waals surface area (Å²) in [6.45, 7) is 6.26. The van der Waals surface area contributed by atoms with Crippen molar-refractivity contribution in [2.45, 2.75) is 46.0 Å². The quantitative estimate of drug-likeness (QED) is 0.640. The van der Waals surface area contributed by atoms with Crippen LogP contribution in [-0.4, -0.2) is 33.4 Å². The first-order valence-electron chi connectivity index (χ1n) is 9.98. The molecule has 0 radical (unpaired) electrons. The zero-order chi connectivity index (χ0) is 24.7. The van der Waals surface area contributed by atoms with Gasteiger partial charge in [0.15, 0.2) is 5.60 Å². The van der Waals surface area contributed by atoms with Crippen LogP contribution in [-0.2, 0) is 27.1 Å². The molecule has 1 N–H and O–H groups in total. The molecule has 33 heavy (non-hydrogen) atoms. The third kappa shape index (κ3) is 4.92. The van der Waals surface area contributed by atoms with Crippen molar-refractivity contribution in [2.24, 2.45) is 0 Å². The summed E-state index contributed by atoms with van der Waals surface area (Å²) in [6, 6.07) is 7.43. The highest BCUT2D eigenvalue weighted by molar-refractivity contribution is 6.33. The Balaban J connectivity index is 1.80. The van der Waals surface area contributed by atoms with Crippen LogP contribution in [0.3, 0.4) is 0 Å². The Morgan fingerprint density at radius 3 is 2.06 bits per heavy atom. The summed E-state index contributed by atoms with van der Waals surface area (Å²) in [5.41, 5.74) is -0.169. The normalized spacial score (nSPS) is 14.5. The molecule has 0 aromatic heterocycles. The van der Waals surface area contributed by atoms with E-state index >= 15 is 0 Å². The van der Waals surface area contributed by atoms with E-state index in [1.807, 2.05) is 0 Å². The second kappa shape index (κ2) is 8.38. The minimum absolute atomic E-state index is 0.0188. The third-order valence-electron chi connectivity index (χ3n) is 5.27. The predicted octanol–water partition coefficient (Wildman–Crippen LogP) is 4.52. The monoisotopic (exact) mass is 461 g/mol. The number of hydrogen-bond acceptors (Lipinski definition) is 4. The largest absolute Gasteiger partial charge is 0.478 e. The molecule has 0 unspecified atom stereocenters. The third-order valence-corrected chi connectivity index (χ3v) is 5.27. The van der Waals surface area contributed by atoms with Crippen molar-refractivity contribution in [2.75, 3.05) is 0 Å². The Kier molecular flexibility index (Phi) is 6.10. The number of aryl methyl sites for hydroxylation is 2. The number of imide groups is 1. The van der Waals surface area contributed by atoms with Gasteiger partial charge in [0.25, 0.3) is 11.8 Å². The lowest BCUT2D eigenvalue weighted by Crippen LogP contribution is -2.38. The number of ether oxygens (including phenoxy) is 1. The smallest absolute Gasteiger partial charge is 0.416 e. The number of amides is 2. The number of carbonyl (C=O) groups excluding carboxylic acids is 2. The van der Waals surface area contributed by atoms with E-state index in [1.165, 1.54) is 13.8 Å². The molecule has 0 saturated carbocycles. The highest BCUT2D eigenvalue weighted by atomic mass is 19.4. The molecule has 3 rings (SSSR count). The van der Waals surface area contributed by atoms with Crippen molar-refractivity contribution in [1.29, 1.82) is 0 Å². The highest BCUT2D eigenvalue weighted by Gasteiger charge is 2.34. The molecule has 174 valence electrons. The SMILES string of the molecule is Cc1cc(CN2C(=O)C=C(c3ccc(C(F)(F)F)cc3)C2=O)cc(C)c1OC(C)(C)C(=O)O. The topological polar surface area (TPSA) is 83.9 Å². The molecule has 1 aliphatic heterocycles. The summed E-state index contributed by atoms with van der Waals surface area (Å²) in [7, 11) is 0. The van der Waals surface area contributed by atoms with Crippen LogP contribution in [0.2, 0.25) is 0 Å². The lowest BCUT2D eigenvalue weighted by molar-refractivity contribution is -0.152. The fourth-order valence-electron chi connectivity index (χ4n) is 3.48. The number of carboxylic acid groups (broad SMARTS) is 1. The van der Waals surface area contributed by atoms with E-state index in [0.717, 1.165) is 35.2 Å². The number of carboxylic acids is 1. The fourth-order valence-corrected chi connectivity index (χ4v) is 3.48. The first-order chi connectivity index (χ1) is 15.2. The molecular formula is C24H22F3NO5. The van der Waals surface area contributed by atoms with Gasteiger partial charge in [0, 0.05) is 6.08 Å². The van der Waals surface area contributed by atoms with Crippen LogP contribution in [0.5, 0.6) is 5.75 Å². The van der Waals surface area contributed by atoms with Crippen LogP contribution in [0.1, 0.15) is 41.7 Å². The van der Waals surface area contributed by atoms with Crippen molar-refractivity contribution >= 4 is 23.4 Å². The van der Waals surface area contributed by atoms with Crippen molar-refractivity contribution in [3.63, 3.8) is 0 Å². The lowest BCUT2D eigenvalue weighted by atomic mass is 10.0. The summed E-state index contributed by atoms with van der Waals surface area (Å²) < 4.78 is 44.0. The van der Waals surface area contributed by atoms with Gasteiger partial charge >= 0.3 is 12.1 Å². The number of rotatable bonds is 6. The Labute approximate surface area is 188 Å². The average Bonchev–Trinajstić information content (AvgIpc) is 2.98. The van der Waals surface area contributed by atoms with Gasteiger partial charge in [-0.25, -0.2) is 4.79 Å². The maximum absolute atomic E-state index is 12.8. The predicted molar refractivity (Wildman–Crippen MR) is 113 cm³/mol. The summed E-state index contributed by atoms with van der Waals surface area (Å²) in [5.74, 6) is -1.91. The summed E-state index contributed by atoms with van der Waals surface area (Å²) in [6.07, 6.45) is -3.39. The molecule has 2 amide bonds. The van der Waals surface area contributed by atoms with Crippen LogP contribution < -0.4 is 4.74 Å². The van der Waals surface area contributed by atoms with E-state index in [0.29, 0.717) is 22.4 Å². The van der Waals surface area contributed by atoms with Gasteiger partial charge in [0.05, 0.1) is 17.7 Å². The van der Waals surface area contributed by atoms with Gasteiger partial charge in [-0.3, -0.25) is 14.5 Å². The summed E-state index contributed by atoms with van der Waals surface area (Å²) >= 11 is 0. The molecule has 1 aliphatic rings. The van der Waals surface area contributed by atoms with Gasteiger partial charge in [-0.2, -0.15) is 13.2 Å². The molecule has 0 fully saturated rings. The van der Waals surface area contributed by atoms with Gasteiger partial charge in [-0.05, 0) is 62.1 Å². The van der Waals surface area contributed by atoms with Crippen molar-refractivity contribution in [3.05, 3.63) is 70.3 Å². The van der Waals surface area contributed by atoms with E-state index in [1.54, 1.807) is 26.0 Å². The second-order valence-electron chi connectivity index (χ2n) is 8.34.